The van der Waals surface area contributed by atoms with Gasteiger partial charge in [0.25, 0.3) is 5.56 Å². The third kappa shape index (κ3) is 5.57. The minimum atomic E-state index is -0.649. The molecule has 8 nitrogen and oxygen atoms in total. The molecular weight excluding hydrogens is 438 g/mol. The number of nitrogens with zero attached hydrogens (tertiary/aromatic N) is 3. The largest absolute Gasteiger partial charge is 0.383 e. The molecule has 0 spiro atoms. The highest BCUT2D eigenvalue weighted by molar-refractivity contribution is 9.10. The first-order chi connectivity index (χ1) is 13.8. The van der Waals surface area contributed by atoms with E-state index in [0.717, 1.165) is 22.9 Å². The van der Waals surface area contributed by atoms with Gasteiger partial charge in [0.05, 0.1) is 6.54 Å². The van der Waals surface area contributed by atoms with Gasteiger partial charge >= 0.3 is 5.69 Å². The van der Waals surface area contributed by atoms with E-state index in [4.69, 9.17) is 5.73 Å². The quantitative estimate of drug-likeness (QED) is 0.590. The van der Waals surface area contributed by atoms with Gasteiger partial charge in [-0.2, -0.15) is 0 Å². The predicted octanol–water partition coefficient (Wildman–Crippen LogP) is 2.17. The maximum atomic E-state index is 13.0. The Morgan fingerprint density at radius 1 is 1.24 bits per heavy atom. The molecule has 0 fully saturated rings. The Bertz CT molecular complexity index is 969. The molecular formula is C20H28BrN5O3. The molecule has 0 saturated heterocycles. The van der Waals surface area contributed by atoms with E-state index in [0.29, 0.717) is 13.1 Å². The SMILES string of the molecule is CCCCn1c(N)c(N(CC)C(=O)CN(C)Cc2ccccc2Br)c(=O)[nH]c1=O. The number of benzene rings is 1. The van der Waals surface area contributed by atoms with Gasteiger partial charge in [0.1, 0.15) is 5.82 Å². The van der Waals surface area contributed by atoms with Crippen LogP contribution < -0.4 is 21.9 Å². The number of unbranched alkanes of at least 4 members (excludes halogenated alkanes) is 1. The summed E-state index contributed by atoms with van der Waals surface area (Å²) < 4.78 is 2.29. The minimum Gasteiger partial charge on any atom is -0.383 e. The van der Waals surface area contributed by atoms with Gasteiger partial charge in [0.15, 0.2) is 5.69 Å². The van der Waals surface area contributed by atoms with Crippen LogP contribution in [0.25, 0.3) is 0 Å². The molecule has 0 radical (unpaired) electrons. The molecule has 9 heteroatoms. The Balaban J connectivity index is 2.26. The Morgan fingerprint density at radius 2 is 1.93 bits per heavy atom. The summed E-state index contributed by atoms with van der Waals surface area (Å²) in [4.78, 5) is 43.0. The number of nitrogens with one attached hydrogen (secondary N) is 1. The highest BCUT2D eigenvalue weighted by Gasteiger charge is 2.23. The number of H-pyrrole nitrogens is 1. The van der Waals surface area contributed by atoms with Crippen LogP contribution >= 0.6 is 15.9 Å². The van der Waals surface area contributed by atoms with Gasteiger partial charge in [-0.15, -0.1) is 0 Å². The second kappa shape index (κ2) is 10.4. The summed E-state index contributed by atoms with van der Waals surface area (Å²) in [5, 5.41) is 0. The molecule has 29 heavy (non-hydrogen) atoms. The average molecular weight is 466 g/mol. The zero-order valence-corrected chi connectivity index (χ0v) is 18.7. The molecule has 1 heterocycles. The first-order valence-electron chi connectivity index (χ1n) is 9.65. The van der Waals surface area contributed by atoms with Gasteiger partial charge in [-0.1, -0.05) is 47.5 Å². The molecule has 0 atom stereocenters. The van der Waals surface area contributed by atoms with E-state index in [1.165, 1.54) is 9.47 Å². The molecule has 0 unspecified atom stereocenters. The maximum absolute atomic E-state index is 13.0. The van der Waals surface area contributed by atoms with Crippen LogP contribution in [0.2, 0.25) is 0 Å². The van der Waals surface area contributed by atoms with Gasteiger partial charge in [-0.05, 0) is 32.0 Å². The molecule has 0 bridgehead atoms. The van der Waals surface area contributed by atoms with E-state index >= 15 is 0 Å². The molecule has 2 aromatic rings. The standard InChI is InChI=1S/C20H28BrN5O3/c1-4-6-11-26-18(22)17(19(28)23-20(26)29)25(5-2)16(27)13-24(3)12-14-9-7-8-10-15(14)21/h7-10H,4-6,11-13,22H2,1-3H3,(H,23,28,29). The number of hydrogen-bond acceptors (Lipinski definition) is 5. The summed E-state index contributed by atoms with van der Waals surface area (Å²) in [5.41, 5.74) is 6.02. The first kappa shape index (κ1) is 22.9. The van der Waals surface area contributed by atoms with Gasteiger partial charge < -0.3 is 10.6 Å². The molecule has 0 saturated carbocycles. The van der Waals surface area contributed by atoms with Crippen LogP contribution in [0.3, 0.4) is 0 Å². The second-order valence-corrected chi connectivity index (χ2v) is 7.75. The van der Waals surface area contributed by atoms with Crippen molar-refractivity contribution in [3.05, 3.63) is 55.1 Å². The van der Waals surface area contributed by atoms with Crippen LogP contribution in [0.1, 0.15) is 32.3 Å². The summed E-state index contributed by atoms with van der Waals surface area (Å²) in [6, 6.07) is 7.80. The van der Waals surface area contributed by atoms with E-state index in [2.05, 4.69) is 20.9 Å². The first-order valence-corrected chi connectivity index (χ1v) is 10.4. The number of halogens is 1. The Hall–Kier alpha value is -2.39. The molecule has 1 aromatic heterocycles. The van der Waals surface area contributed by atoms with Crippen molar-refractivity contribution in [2.45, 2.75) is 39.8 Å². The number of nitrogens with two attached hydrogens (primary N) is 1. The smallest absolute Gasteiger partial charge is 0.330 e. The number of rotatable bonds is 9. The number of likely N-dealkylation sites (N-methyl/N-ethyl adjacent to an activating group) is 2. The Labute approximate surface area is 178 Å². The summed E-state index contributed by atoms with van der Waals surface area (Å²) >= 11 is 3.51. The predicted molar refractivity (Wildman–Crippen MR) is 119 cm³/mol. The Kier molecular flexibility index (Phi) is 8.21. The number of carbonyl (C=O) groups excluding carboxylic acids is 1. The summed E-state index contributed by atoms with van der Waals surface area (Å²) in [6.45, 7) is 5.08. The van der Waals surface area contributed by atoms with Crippen LogP contribution in [0.4, 0.5) is 11.5 Å². The van der Waals surface area contributed by atoms with Gasteiger partial charge in [0.2, 0.25) is 5.91 Å². The van der Waals surface area contributed by atoms with Crippen molar-refractivity contribution in [1.82, 2.24) is 14.5 Å². The Morgan fingerprint density at radius 3 is 2.55 bits per heavy atom. The molecule has 0 aliphatic carbocycles. The van der Waals surface area contributed by atoms with Crippen LogP contribution in [-0.2, 0) is 17.9 Å². The van der Waals surface area contributed by atoms with Crippen LogP contribution in [0, 0.1) is 0 Å². The number of carbonyl (C=O) groups is 1. The molecule has 3 N–H and O–H groups in total. The highest BCUT2D eigenvalue weighted by Crippen LogP contribution is 2.19. The molecule has 0 aliphatic rings. The third-order valence-electron chi connectivity index (χ3n) is 4.64. The number of anilines is 2. The van der Waals surface area contributed by atoms with Crippen molar-refractivity contribution < 1.29 is 4.79 Å². The lowest BCUT2D eigenvalue weighted by atomic mass is 10.2. The number of hydrogen-bond donors (Lipinski definition) is 2. The lowest BCUT2D eigenvalue weighted by molar-refractivity contribution is -0.119. The molecule has 1 amide bonds. The fraction of sp³-hybridized carbons (Fsp3) is 0.450. The molecule has 2 rings (SSSR count). The zero-order chi connectivity index (χ0) is 21.6. The van der Waals surface area contributed by atoms with E-state index < -0.39 is 11.2 Å². The maximum Gasteiger partial charge on any atom is 0.330 e. The third-order valence-corrected chi connectivity index (χ3v) is 5.41. The summed E-state index contributed by atoms with van der Waals surface area (Å²) in [5.74, 6) is -0.240. The lowest BCUT2D eigenvalue weighted by Gasteiger charge is -2.25. The van der Waals surface area contributed by atoms with E-state index in [9.17, 15) is 14.4 Å². The number of aromatic amines is 1. The van der Waals surface area contributed by atoms with Crippen LogP contribution in [0.15, 0.2) is 38.3 Å². The van der Waals surface area contributed by atoms with Gasteiger partial charge in [-0.3, -0.25) is 24.0 Å². The fourth-order valence-corrected chi connectivity index (χ4v) is 3.54. The number of aromatic nitrogens is 2. The van der Waals surface area contributed by atoms with Crippen molar-refractivity contribution >= 4 is 33.3 Å². The van der Waals surface area contributed by atoms with Crippen molar-refractivity contribution in [3.8, 4) is 0 Å². The van der Waals surface area contributed by atoms with Crippen LogP contribution in [-0.4, -0.2) is 40.5 Å². The van der Waals surface area contributed by atoms with Crippen LogP contribution in [0.5, 0.6) is 0 Å². The summed E-state index contributed by atoms with van der Waals surface area (Å²) in [7, 11) is 1.83. The molecule has 158 valence electrons. The normalized spacial score (nSPS) is 11.1. The van der Waals surface area contributed by atoms with Crippen molar-refractivity contribution in [2.75, 3.05) is 30.8 Å². The van der Waals surface area contributed by atoms with Crippen molar-refractivity contribution in [1.29, 1.82) is 0 Å². The lowest BCUT2D eigenvalue weighted by Crippen LogP contribution is -2.44. The zero-order valence-electron chi connectivity index (χ0n) is 17.1. The minimum absolute atomic E-state index is 0.0239. The monoisotopic (exact) mass is 465 g/mol. The van der Waals surface area contributed by atoms with E-state index in [-0.39, 0.29) is 30.5 Å². The molecule has 1 aromatic carbocycles. The summed E-state index contributed by atoms with van der Waals surface area (Å²) in [6.07, 6.45) is 1.61. The average Bonchev–Trinajstić information content (AvgIpc) is 2.66. The fourth-order valence-electron chi connectivity index (χ4n) is 3.13. The van der Waals surface area contributed by atoms with Crippen molar-refractivity contribution in [2.24, 2.45) is 0 Å². The molecule has 0 aliphatic heterocycles. The van der Waals surface area contributed by atoms with Crippen molar-refractivity contribution in [3.63, 3.8) is 0 Å². The second-order valence-electron chi connectivity index (χ2n) is 6.90. The highest BCUT2D eigenvalue weighted by atomic mass is 79.9. The van der Waals surface area contributed by atoms with E-state index in [1.54, 1.807) is 6.92 Å². The van der Waals surface area contributed by atoms with E-state index in [1.807, 2.05) is 43.1 Å². The van der Waals surface area contributed by atoms with Gasteiger partial charge in [0, 0.05) is 24.1 Å². The topological polar surface area (TPSA) is 104 Å². The van der Waals surface area contributed by atoms with Gasteiger partial charge in [-0.25, -0.2) is 4.79 Å². The number of amides is 1. The number of nitrogen functional groups attached to an aromatic ring is 1.